The third kappa shape index (κ3) is 3.73. The summed E-state index contributed by atoms with van der Waals surface area (Å²) in [6.07, 6.45) is 0. The standard InChI is InChI=1S/C22H24FN3O2/c1-16-19(24-28-22(16)17-7-9-18(23)10-8-17)15-25-11-13-26(14-12-25)20-5-3-4-6-21(20)27-2/h3-10H,11-15H2,1-2H3. The molecule has 6 heteroatoms. The molecule has 2 aromatic carbocycles. The average molecular weight is 381 g/mol. The van der Waals surface area contributed by atoms with Crippen molar-refractivity contribution in [2.75, 3.05) is 38.2 Å². The second-order valence-electron chi connectivity index (χ2n) is 7.03. The minimum Gasteiger partial charge on any atom is -0.495 e. The maximum atomic E-state index is 13.2. The molecule has 0 unspecified atom stereocenters. The zero-order valence-corrected chi connectivity index (χ0v) is 16.2. The van der Waals surface area contributed by atoms with E-state index in [1.54, 1.807) is 19.2 Å². The maximum Gasteiger partial charge on any atom is 0.170 e. The molecule has 28 heavy (non-hydrogen) atoms. The highest BCUT2D eigenvalue weighted by Crippen LogP contribution is 2.29. The van der Waals surface area contributed by atoms with Gasteiger partial charge in [-0.05, 0) is 43.3 Å². The van der Waals surface area contributed by atoms with E-state index < -0.39 is 0 Å². The number of nitrogens with zero attached hydrogens (tertiary/aromatic N) is 3. The SMILES string of the molecule is COc1ccccc1N1CCN(Cc2noc(-c3ccc(F)cc3)c2C)CC1. The van der Waals surface area contributed by atoms with Gasteiger partial charge in [0.2, 0.25) is 0 Å². The lowest BCUT2D eigenvalue weighted by Gasteiger charge is -2.36. The predicted molar refractivity (Wildman–Crippen MR) is 107 cm³/mol. The normalized spacial score (nSPS) is 15.0. The summed E-state index contributed by atoms with van der Waals surface area (Å²) in [4.78, 5) is 4.74. The zero-order chi connectivity index (χ0) is 19.5. The largest absolute Gasteiger partial charge is 0.495 e. The Morgan fingerprint density at radius 2 is 1.75 bits per heavy atom. The molecular weight excluding hydrogens is 357 g/mol. The van der Waals surface area contributed by atoms with Crippen LogP contribution in [0.15, 0.2) is 53.1 Å². The second-order valence-corrected chi connectivity index (χ2v) is 7.03. The maximum absolute atomic E-state index is 13.2. The van der Waals surface area contributed by atoms with E-state index in [1.165, 1.54) is 12.1 Å². The summed E-state index contributed by atoms with van der Waals surface area (Å²) in [7, 11) is 1.71. The lowest BCUT2D eigenvalue weighted by atomic mass is 10.1. The van der Waals surface area contributed by atoms with E-state index >= 15 is 0 Å². The lowest BCUT2D eigenvalue weighted by Crippen LogP contribution is -2.46. The van der Waals surface area contributed by atoms with Crippen molar-refractivity contribution in [1.29, 1.82) is 0 Å². The van der Waals surface area contributed by atoms with Gasteiger partial charge in [-0.3, -0.25) is 4.90 Å². The van der Waals surface area contributed by atoms with Crippen LogP contribution in [0.1, 0.15) is 11.3 Å². The van der Waals surface area contributed by atoms with Crippen molar-refractivity contribution in [2.24, 2.45) is 0 Å². The number of ether oxygens (including phenoxy) is 1. The quantitative estimate of drug-likeness (QED) is 0.665. The van der Waals surface area contributed by atoms with Crippen molar-refractivity contribution in [1.82, 2.24) is 10.1 Å². The minimum atomic E-state index is -0.256. The third-order valence-corrected chi connectivity index (χ3v) is 5.30. The number of rotatable bonds is 5. The average Bonchev–Trinajstić information content (AvgIpc) is 3.09. The number of halogens is 1. The highest BCUT2D eigenvalue weighted by molar-refractivity contribution is 5.61. The summed E-state index contributed by atoms with van der Waals surface area (Å²) in [6.45, 7) is 6.50. The molecule has 0 saturated carbocycles. The molecule has 4 rings (SSSR count). The van der Waals surface area contributed by atoms with E-state index in [1.807, 2.05) is 25.1 Å². The van der Waals surface area contributed by atoms with Gasteiger partial charge in [-0.25, -0.2) is 4.39 Å². The van der Waals surface area contributed by atoms with E-state index in [0.29, 0.717) is 5.76 Å². The summed E-state index contributed by atoms with van der Waals surface area (Å²) in [5.74, 6) is 1.36. The van der Waals surface area contributed by atoms with Crippen LogP contribution in [0.25, 0.3) is 11.3 Å². The minimum absolute atomic E-state index is 0.256. The molecule has 3 aromatic rings. The van der Waals surface area contributed by atoms with Crippen LogP contribution >= 0.6 is 0 Å². The van der Waals surface area contributed by atoms with Crippen LogP contribution in [-0.2, 0) is 6.54 Å². The smallest absolute Gasteiger partial charge is 0.170 e. The molecule has 1 aliphatic rings. The summed E-state index contributed by atoms with van der Waals surface area (Å²) in [6, 6.07) is 14.5. The van der Waals surface area contributed by atoms with E-state index in [9.17, 15) is 4.39 Å². The molecule has 1 aliphatic heterocycles. The monoisotopic (exact) mass is 381 g/mol. The van der Waals surface area contributed by atoms with E-state index in [0.717, 1.165) is 61.0 Å². The topological polar surface area (TPSA) is 41.7 Å². The van der Waals surface area contributed by atoms with Crippen LogP contribution in [0.2, 0.25) is 0 Å². The zero-order valence-electron chi connectivity index (χ0n) is 16.2. The van der Waals surface area contributed by atoms with Crippen LogP contribution in [0.5, 0.6) is 5.75 Å². The van der Waals surface area contributed by atoms with E-state index in [-0.39, 0.29) is 5.82 Å². The number of benzene rings is 2. The van der Waals surface area contributed by atoms with Gasteiger partial charge >= 0.3 is 0 Å². The fraction of sp³-hybridized carbons (Fsp3) is 0.318. The number of anilines is 1. The fourth-order valence-corrected chi connectivity index (χ4v) is 3.64. The van der Waals surface area contributed by atoms with Gasteiger partial charge < -0.3 is 14.2 Å². The number of hydrogen-bond donors (Lipinski definition) is 0. The van der Waals surface area contributed by atoms with Crippen LogP contribution in [0.4, 0.5) is 10.1 Å². The predicted octanol–water partition coefficient (Wildman–Crippen LogP) is 4.12. The Morgan fingerprint density at radius 3 is 2.46 bits per heavy atom. The third-order valence-electron chi connectivity index (χ3n) is 5.30. The molecule has 0 aliphatic carbocycles. The first-order chi connectivity index (χ1) is 13.7. The number of piperazine rings is 1. The molecule has 0 bridgehead atoms. The van der Waals surface area contributed by atoms with Gasteiger partial charge in [0.15, 0.2) is 5.76 Å². The van der Waals surface area contributed by atoms with Crippen molar-refractivity contribution in [3.05, 3.63) is 65.6 Å². The van der Waals surface area contributed by atoms with E-state index in [2.05, 4.69) is 21.0 Å². The summed E-state index contributed by atoms with van der Waals surface area (Å²) in [5.41, 5.74) is 3.93. The highest BCUT2D eigenvalue weighted by atomic mass is 19.1. The van der Waals surface area contributed by atoms with Crippen LogP contribution in [0, 0.1) is 12.7 Å². The number of aromatic nitrogens is 1. The van der Waals surface area contributed by atoms with Crippen LogP contribution in [-0.4, -0.2) is 43.3 Å². The van der Waals surface area contributed by atoms with Gasteiger partial charge in [0.05, 0.1) is 12.8 Å². The molecule has 0 amide bonds. The summed E-state index contributed by atoms with van der Waals surface area (Å²) >= 11 is 0. The van der Waals surface area contributed by atoms with Gasteiger partial charge in [-0.15, -0.1) is 0 Å². The molecule has 1 fully saturated rings. The Balaban J connectivity index is 1.41. The van der Waals surface area contributed by atoms with Crippen molar-refractivity contribution in [3.63, 3.8) is 0 Å². The number of methoxy groups -OCH3 is 1. The van der Waals surface area contributed by atoms with Crippen molar-refractivity contribution >= 4 is 5.69 Å². The molecule has 1 saturated heterocycles. The first-order valence-electron chi connectivity index (χ1n) is 9.47. The lowest BCUT2D eigenvalue weighted by molar-refractivity contribution is 0.241. The second kappa shape index (κ2) is 8.02. The Bertz CT molecular complexity index is 931. The van der Waals surface area contributed by atoms with Gasteiger partial charge in [-0.2, -0.15) is 0 Å². The fourth-order valence-electron chi connectivity index (χ4n) is 3.64. The number of hydrogen-bond acceptors (Lipinski definition) is 5. The van der Waals surface area contributed by atoms with Crippen molar-refractivity contribution in [2.45, 2.75) is 13.5 Å². The summed E-state index contributed by atoms with van der Waals surface area (Å²) in [5, 5.41) is 4.27. The Hall–Kier alpha value is -2.86. The Morgan fingerprint density at radius 1 is 1.04 bits per heavy atom. The van der Waals surface area contributed by atoms with E-state index in [4.69, 9.17) is 9.26 Å². The molecule has 1 aromatic heterocycles. The molecule has 2 heterocycles. The molecule has 0 spiro atoms. The Kier molecular flexibility index (Phi) is 5.30. The Labute approximate surface area is 164 Å². The number of para-hydroxylation sites is 2. The van der Waals surface area contributed by atoms with Crippen LogP contribution < -0.4 is 9.64 Å². The van der Waals surface area contributed by atoms with Gasteiger partial charge in [0.1, 0.15) is 17.3 Å². The van der Waals surface area contributed by atoms with Crippen molar-refractivity contribution in [3.8, 4) is 17.1 Å². The molecular formula is C22H24FN3O2. The van der Waals surface area contributed by atoms with Gasteiger partial charge in [0.25, 0.3) is 0 Å². The molecule has 0 radical (unpaired) electrons. The molecule has 0 N–H and O–H groups in total. The first-order valence-corrected chi connectivity index (χ1v) is 9.47. The summed E-state index contributed by atoms with van der Waals surface area (Å²) < 4.78 is 24.2. The van der Waals surface area contributed by atoms with Crippen molar-refractivity contribution < 1.29 is 13.7 Å². The van der Waals surface area contributed by atoms with Crippen LogP contribution in [0.3, 0.4) is 0 Å². The van der Waals surface area contributed by atoms with Gasteiger partial charge in [-0.1, -0.05) is 17.3 Å². The molecule has 5 nitrogen and oxygen atoms in total. The molecule has 0 atom stereocenters. The first kappa shape index (κ1) is 18.5. The van der Waals surface area contributed by atoms with Gasteiger partial charge in [0, 0.05) is 43.9 Å². The molecule has 146 valence electrons. The highest BCUT2D eigenvalue weighted by Gasteiger charge is 2.22.